The lowest BCUT2D eigenvalue weighted by Crippen LogP contribution is -2.30. The van der Waals surface area contributed by atoms with Gasteiger partial charge in [-0.2, -0.15) is 0 Å². The number of hydrogen-bond acceptors (Lipinski definition) is 5. The van der Waals surface area contributed by atoms with Crippen LogP contribution in [0, 0.1) is 0 Å². The Labute approximate surface area is 164 Å². The van der Waals surface area contributed by atoms with E-state index < -0.39 is 17.7 Å². The number of carbonyl (C=O) groups is 2. The molecule has 0 spiro atoms. The molecular weight excluding hydrogens is 356 g/mol. The number of amides is 1. The minimum atomic E-state index is -0.669. The molecule has 6 nitrogen and oxygen atoms in total. The topological polar surface area (TPSA) is 79.7 Å². The Morgan fingerprint density at radius 3 is 2.61 bits per heavy atom. The molecule has 1 unspecified atom stereocenters. The van der Waals surface area contributed by atoms with Crippen molar-refractivity contribution < 1.29 is 19.4 Å². The van der Waals surface area contributed by atoms with E-state index in [4.69, 9.17) is 4.74 Å². The maximum absolute atomic E-state index is 12.8. The van der Waals surface area contributed by atoms with E-state index in [2.05, 4.69) is 4.98 Å². The van der Waals surface area contributed by atoms with E-state index in [1.54, 1.807) is 53.7 Å². The van der Waals surface area contributed by atoms with E-state index >= 15 is 0 Å². The van der Waals surface area contributed by atoms with Gasteiger partial charge in [0.05, 0.1) is 18.2 Å². The summed E-state index contributed by atoms with van der Waals surface area (Å²) in [5.74, 6) is -0.858. The Morgan fingerprint density at radius 2 is 1.93 bits per heavy atom. The van der Waals surface area contributed by atoms with Gasteiger partial charge < -0.3 is 14.7 Å². The number of aliphatic hydroxyl groups excluding tert-OH is 1. The molecule has 1 aromatic heterocycles. The monoisotopic (exact) mass is 380 g/mol. The summed E-state index contributed by atoms with van der Waals surface area (Å²) < 4.78 is 5.49. The molecule has 1 aliphatic rings. The van der Waals surface area contributed by atoms with E-state index in [0.717, 1.165) is 18.4 Å². The highest BCUT2D eigenvalue weighted by atomic mass is 16.5. The van der Waals surface area contributed by atoms with Gasteiger partial charge >= 0.3 is 0 Å². The maximum Gasteiger partial charge on any atom is 0.295 e. The number of benzene rings is 1. The first-order valence-corrected chi connectivity index (χ1v) is 9.50. The summed E-state index contributed by atoms with van der Waals surface area (Å²) in [5.41, 5.74) is 1.28. The number of aromatic nitrogens is 1. The second-order valence-electron chi connectivity index (χ2n) is 6.59. The number of nitrogens with zero attached hydrogens (tertiary/aromatic N) is 2. The molecule has 1 fully saturated rings. The third-order valence-corrected chi connectivity index (χ3v) is 4.73. The van der Waals surface area contributed by atoms with Gasteiger partial charge in [-0.15, -0.1) is 0 Å². The normalized spacial score (nSPS) is 18.5. The van der Waals surface area contributed by atoms with Crippen molar-refractivity contribution in [1.29, 1.82) is 0 Å². The summed E-state index contributed by atoms with van der Waals surface area (Å²) in [6.07, 6.45) is 4.90. The molecule has 1 N–H and O–H groups in total. The molecule has 1 amide bonds. The van der Waals surface area contributed by atoms with E-state index in [-0.39, 0.29) is 11.3 Å². The number of Topliss-reactive ketones (excluding diaryl/α,β-unsaturated/α-hetero) is 1. The van der Waals surface area contributed by atoms with Crippen molar-refractivity contribution >= 4 is 17.4 Å². The number of ether oxygens (including phenoxy) is 1. The lowest BCUT2D eigenvalue weighted by molar-refractivity contribution is -0.139. The van der Waals surface area contributed by atoms with Crippen molar-refractivity contribution in [3.05, 3.63) is 65.5 Å². The van der Waals surface area contributed by atoms with Crippen molar-refractivity contribution in [2.24, 2.45) is 0 Å². The molecule has 146 valence electrons. The molecule has 1 aromatic carbocycles. The first kappa shape index (κ1) is 19.6. The second kappa shape index (κ2) is 8.69. The van der Waals surface area contributed by atoms with Gasteiger partial charge in [0, 0.05) is 24.5 Å². The van der Waals surface area contributed by atoms with Gasteiger partial charge in [0.15, 0.2) is 0 Å². The molecule has 2 heterocycles. The first-order chi connectivity index (χ1) is 13.6. The van der Waals surface area contributed by atoms with Crippen LogP contribution in [0.2, 0.25) is 0 Å². The minimum Gasteiger partial charge on any atom is -0.507 e. The average molecular weight is 380 g/mol. The van der Waals surface area contributed by atoms with Crippen molar-refractivity contribution in [2.45, 2.75) is 32.7 Å². The molecule has 0 saturated carbocycles. The van der Waals surface area contributed by atoms with Crippen LogP contribution in [0.15, 0.2) is 54.4 Å². The summed E-state index contributed by atoms with van der Waals surface area (Å²) >= 11 is 0. The Bertz CT molecular complexity index is 892. The lowest BCUT2D eigenvalue weighted by Gasteiger charge is -2.25. The molecule has 2 aromatic rings. The van der Waals surface area contributed by atoms with Crippen LogP contribution in [0.3, 0.4) is 0 Å². The van der Waals surface area contributed by atoms with Crippen LogP contribution in [0.25, 0.3) is 5.76 Å². The van der Waals surface area contributed by atoms with Crippen molar-refractivity contribution in [3.63, 3.8) is 0 Å². The van der Waals surface area contributed by atoms with Crippen LogP contribution in [0.5, 0.6) is 5.75 Å². The molecule has 3 rings (SSSR count). The molecule has 0 aliphatic carbocycles. The maximum atomic E-state index is 12.8. The Hall–Kier alpha value is -3.15. The lowest BCUT2D eigenvalue weighted by atomic mass is 9.96. The number of aliphatic hydroxyl groups is 1. The SMILES string of the molecule is CCCCN1C(=O)C(=O)/C(=C(\O)c2cccc(OCC)c2)C1c1ccncc1. The van der Waals surface area contributed by atoms with E-state index in [9.17, 15) is 14.7 Å². The summed E-state index contributed by atoms with van der Waals surface area (Å²) in [6, 6.07) is 9.78. The van der Waals surface area contributed by atoms with Crippen LogP contribution < -0.4 is 4.74 Å². The standard InChI is InChI=1S/C22H24N2O4/c1-3-5-13-24-19(15-9-11-23-12-10-15)18(21(26)22(24)27)20(25)16-7-6-8-17(14-16)28-4-2/h6-12,14,19,25H,3-5,13H2,1-2H3/b20-18-. The quantitative estimate of drug-likeness (QED) is 0.450. The summed E-state index contributed by atoms with van der Waals surface area (Å²) in [4.78, 5) is 31.1. The number of pyridine rings is 1. The third-order valence-electron chi connectivity index (χ3n) is 4.73. The van der Waals surface area contributed by atoms with Gasteiger partial charge in [0.25, 0.3) is 11.7 Å². The predicted molar refractivity (Wildman–Crippen MR) is 106 cm³/mol. The van der Waals surface area contributed by atoms with Gasteiger partial charge in [0.2, 0.25) is 0 Å². The number of carbonyl (C=O) groups excluding carboxylic acids is 2. The van der Waals surface area contributed by atoms with Crippen molar-refractivity contribution in [2.75, 3.05) is 13.2 Å². The summed E-state index contributed by atoms with van der Waals surface area (Å²) in [7, 11) is 0. The zero-order valence-corrected chi connectivity index (χ0v) is 16.1. The van der Waals surface area contributed by atoms with Crippen LogP contribution >= 0.6 is 0 Å². The zero-order valence-electron chi connectivity index (χ0n) is 16.1. The fourth-order valence-corrected chi connectivity index (χ4v) is 3.39. The van der Waals surface area contributed by atoms with Gasteiger partial charge in [-0.05, 0) is 43.2 Å². The highest BCUT2D eigenvalue weighted by Gasteiger charge is 2.45. The molecule has 1 saturated heterocycles. The van der Waals surface area contributed by atoms with Crippen LogP contribution in [0.1, 0.15) is 43.9 Å². The number of unbranched alkanes of at least 4 members (excludes halogenated alkanes) is 1. The number of likely N-dealkylation sites (tertiary alicyclic amines) is 1. The van der Waals surface area contributed by atoms with Gasteiger partial charge in [-0.1, -0.05) is 25.5 Å². The van der Waals surface area contributed by atoms with Gasteiger partial charge in [-0.3, -0.25) is 14.6 Å². The molecule has 28 heavy (non-hydrogen) atoms. The predicted octanol–water partition coefficient (Wildman–Crippen LogP) is 3.70. The molecule has 1 aliphatic heterocycles. The zero-order chi connectivity index (χ0) is 20.1. The fraction of sp³-hybridized carbons (Fsp3) is 0.318. The van der Waals surface area contributed by atoms with Gasteiger partial charge in [-0.25, -0.2) is 0 Å². The van der Waals surface area contributed by atoms with Crippen LogP contribution in [-0.2, 0) is 9.59 Å². The second-order valence-corrected chi connectivity index (χ2v) is 6.59. The molecule has 0 bridgehead atoms. The Morgan fingerprint density at radius 1 is 1.18 bits per heavy atom. The average Bonchev–Trinajstić information content (AvgIpc) is 2.97. The number of rotatable bonds is 7. The van der Waals surface area contributed by atoms with Crippen LogP contribution in [-0.4, -0.2) is 39.8 Å². The molecule has 1 atom stereocenters. The van der Waals surface area contributed by atoms with E-state index in [1.165, 1.54) is 0 Å². The Kier molecular flexibility index (Phi) is 6.09. The van der Waals surface area contributed by atoms with E-state index in [0.29, 0.717) is 24.5 Å². The first-order valence-electron chi connectivity index (χ1n) is 9.50. The largest absolute Gasteiger partial charge is 0.507 e. The van der Waals surface area contributed by atoms with Gasteiger partial charge in [0.1, 0.15) is 11.5 Å². The van der Waals surface area contributed by atoms with E-state index in [1.807, 2.05) is 13.8 Å². The van der Waals surface area contributed by atoms with Crippen molar-refractivity contribution in [3.8, 4) is 5.75 Å². The summed E-state index contributed by atoms with van der Waals surface area (Å²) in [5, 5.41) is 11.0. The minimum absolute atomic E-state index is 0.0981. The number of ketones is 1. The fourth-order valence-electron chi connectivity index (χ4n) is 3.39. The summed E-state index contributed by atoms with van der Waals surface area (Å²) in [6.45, 7) is 4.83. The Balaban J connectivity index is 2.12. The highest BCUT2D eigenvalue weighted by molar-refractivity contribution is 6.46. The smallest absolute Gasteiger partial charge is 0.295 e. The van der Waals surface area contributed by atoms with Crippen molar-refractivity contribution in [1.82, 2.24) is 9.88 Å². The molecular formula is C22H24N2O4. The third kappa shape index (κ3) is 3.76. The number of hydrogen-bond donors (Lipinski definition) is 1. The van der Waals surface area contributed by atoms with Crippen LogP contribution in [0.4, 0.5) is 0 Å². The molecule has 0 radical (unpaired) electrons. The highest BCUT2D eigenvalue weighted by Crippen LogP contribution is 2.39. The molecule has 6 heteroatoms.